The molecule has 18 nitrogen and oxygen atoms in total. The molecule has 0 spiro atoms. The number of hydrogen-bond acceptors (Lipinski definition) is 14. The van der Waals surface area contributed by atoms with Crippen LogP contribution in [0.3, 0.4) is 0 Å². The Hall–Kier alpha value is -7.83. The van der Waals surface area contributed by atoms with Crippen LogP contribution in [-0.2, 0) is 35.0 Å². The summed E-state index contributed by atoms with van der Waals surface area (Å²) in [6.45, 7) is 0.953. The van der Waals surface area contributed by atoms with Gasteiger partial charge in [0.1, 0.15) is 0 Å². The molecule has 0 unspecified atom stereocenters. The molecule has 2 aliphatic rings. The smallest absolute Gasteiger partial charge is 0.0226 e. The van der Waals surface area contributed by atoms with Crippen LogP contribution < -0.4 is 10.6 Å². The molecule has 79 heavy (non-hydrogen) atoms. The molecule has 2 aliphatic heterocycles. The summed E-state index contributed by atoms with van der Waals surface area (Å²) in [5.74, 6) is 5.56. The van der Waals surface area contributed by atoms with Gasteiger partial charge >= 0.3 is 46.9 Å². The fourth-order valence-corrected chi connectivity index (χ4v) is 9.27. The van der Waals surface area contributed by atoms with Crippen LogP contribution in [0.15, 0.2) is 138 Å². The number of ether oxygens (including phenoxy) is 2. The Balaban J connectivity index is 0.000000182. The molecule has 4 aromatic carbocycles. The Labute approximate surface area is 480 Å². The van der Waals surface area contributed by atoms with Crippen LogP contribution in [0.4, 0.5) is 0 Å². The van der Waals surface area contributed by atoms with E-state index in [4.69, 9.17) is 40.2 Å². The Morgan fingerprint density at radius 2 is 1.11 bits per heavy atom. The van der Waals surface area contributed by atoms with Crippen molar-refractivity contribution < 1.29 is 54.8 Å². The summed E-state index contributed by atoms with van der Waals surface area (Å²) >= 11 is 3.25. The van der Waals surface area contributed by atoms with Crippen LogP contribution in [0.5, 0.6) is 0 Å². The summed E-state index contributed by atoms with van der Waals surface area (Å²) in [4.78, 5) is 58.6. The van der Waals surface area contributed by atoms with Crippen molar-refractivity contribution in [3.8, 4) is 47.7 Å². The van der Waals surface area contributed by atoms with Gasteiger partial charge in [0, 0.05) is 62.5 Å². The molecule has 2 atom stereocenters. The number of carbonyl (C=O) groups is 4. The van der Waals surface area contributed by atoms with Gasteiger partial charge in [-0.05, 0) is 71.3 Å². The first-order valence-corrected chi connectivity index (χ1v) is 29.0. The number of aromatic nitrogens is 6. The summed E-state index contributed by atoms with van der Waals surface area (Å²) in [5.41, 5.74) is 0.181. The van der Waals surface area contributed by atoms with Crippen molar-refractivity contribution >= 4 is 100.0 Å². The van der Waals surface area contributed by atoms with Gasteiger partial charge < -0.3 is 29.5 Å². The van der Waals surface area contributed by atoms with Crippen molar-refractivity contribution in [1.82, 2.24) is 39.3 Å². The molecule has 6 heterocycles. The summed E-state index contributed by atoms with van der Waals surface area (Å²) in [5, 5.41) is 50.9. The number of terminal acetylenes is 1. The zero-order valence-electron chi connectivity index (χ0n) is 42.4. The predicted molar refractivity (Wildman–Crippen MR) is 300 cm³/mol. The molecule has 10 rings (SSSR count). The number of methoxy groups -OCH3 is 2. The molecule has 0 saturated carbocycles. The number of carbonyl (C=O) groups excluding carboxylic acids is 4. The third-order valence-electron chi connectivity index (χ3n) is 11.7. The molecule has 2 amide bonds. The second-order valence-corrected chi connectivity index (χ2v) is 21.6. The predicted octanol–water partition coefficient (Wildman–Crippen LogP) is 6.77. The van der Waals surface area contributed by atoms with Gasteiger partial charge in [-0.1, -0.05) is 103 Å². The van der Waals surface area contributed by atoms with Gasteiger partial charge in [0.15, 0.2) is 22.7 Å². The van der Waals surface area contributed by atoms with E-state index in [-0.39, 0.29) is 39.7 Å². The fourth-order valence-electron chi connectivity index (χ4n) is 7.73. The van der Waals surface area contributed by atoms with Gasteiger partial charge in [-0.2, -0.15) is 20.7 Å². The zero-order valence-corrected chi connectivity index (χ0v) is 48.0. The average Bonchev–Trinajstić information content (AvgIpc) is 4.23. The number of esters is 2. The van der Waals surface area contributed by atoms with Crippen LogP contribution in [0, 0.1) is 46.8 Å². The summed E-state index contributed by atoms with van der Waals surface area (Å²) in [6.07, 6.45) is 8.70. The molecular formula is C56H46BrCl2N10O8PPd. The topological polar surface area (TPSA) is 243 Å². The van der Waals surface area contributed by atoms with E-state index < -0.39 is 29.0 Å². The minimum Gasteiger partial charge on any atom is -0.0622 e. The minimum absolute atomic E-state index is 0.0921. The summed E-state index contributed by atoms with van der Waals surface area (Å²) in [7, 11) is 16.2. The average molecular weight is 1280 g/mol. The maximum atomic E-state index is 12.2. The number of aliphatic hydroxyl groups is 2. The molecule has 2 N–H and O–H groups in total. The second-order valence-electron chi connectivity index (χ2n) is 16.9. The standard InChI is InChI=1S/C22H17N5O4.C15H9BrN4O2.C12H11P.C7H9NO2.2ClH.Pd/c1-26-9-7-22(30,21(26)29)6-5-14-10-15(13-23)12-16(11-14)27-19-17(4-3-8-24-19)18(25-27)20(28)31-2;1-22-15(21)13-12-3-2-4-18-14(12)20(19-13)11-6-9(8-17)5-10(16)7-11;1-3-7-11(8-4-1)13-12-9-5-2-6-10-12;1-3-7(10)4-5-8(2)6(7)9;;;/h3-4,8,10-12,30H,7,9H2,1-2H3;2-7H,1H3;1-10,13H;1,10H,4-5H2,2H3;2*1H;/q;;;;;;+2/p-2/t22-;;;7-;;;/m0..0.../s1. The number of nitriles is 2. The number of rotatable bonds is 6. The molecule has 2 saturated heterocycles. The minimum atomic E-state index is -1.75. The van der Waals surface area contributed by atoms with Gasteiger partial charge in [-0.3, -0.25) is 9.59 Å². The van der Waals surface area contributed by atoms with Gasteiger partial charge in [0.05, 0.1) is 59.6 Å². The van der Waals surface area contributed by atoms with E-state index in [0.29, 0.717) is 69.6 Å². The van der Waals surface area contributed by atoms with Gasteiger partial charge in [0.25, 0.3) is 11.8 Å². The molecule has 0 radical (unpaired) electrons. The normalized spacial score (nSPS) is 15.9. The first kappa shape index (κ1) is 60.4. The van der Waals surface area contributed by atoms with Crippen LogP contribution >= 0.6 is 43.6 Å². The number of pyridine rings is 2. The molecule has 2 fully saturated rings. The molecule has 23 heteroatoms. The monoisotopic (exact) mass is 1270 g/mol. The third kappa shape index (κ3) is 15.1. The number of likely N-dealkylation sites (tertiary alicyclic amines) is 2. The number of hydrogen-bond donors (Lipinski definition) is 2. The SMILES string of the molecule is C#C[C@]1(O)CCN(C)C1=O.COC(=O)c1nn(-c2cc(Br)cc(C#N)c2)c2ncccc12.COC(=O)c1nn(-c2cc(C#N)cc(C#C[C@]3(O)CCN(C)C3=O)c2)c2ncccc12.[Cl][Pd][Cl].c1ccc(Pc2ccccc2)cc1. The number of amides is 2. The molecular weight excluding hydrogens is 1230 g/mol. The Morgan fingerprint density at radius 3 is 1.52 bits per heavy atom. The van der Waals surface area contributed by atoms with E-state index >= 15 is 0 Å². The Bertz CT molecular complexity index is 3690. The maximum Gasteiger partial charge on any atom is -0.0226 e. The number of benzene rings is 4. The Morgan fingerprint density at radius 1 is 0.684 bits per heavy atom. The van der Waals surface area contributed by atoms with Crippen LogP contribution in [-0.4, -0.2) is 126 Å². The van der Waals surface area contributed by atoms with Crippen molar-refractivity contribution in [2.45, 2.75) is 24.0 Å². The number of likely N-dealkylation sites (N-methyl/N-ethyl adjacent to an activating group) is 2. The van der Waals surface area contributed by atoms with Crippen molar-refractivity contribution in [3.05, 3.63) is 166 Å². The molecule has 0 aliphatic carbocycles. The van der Waals surface area contributed by atoms with Crippen LogP contribution in [0.2, 0.25) is 0 Å². The maximum absolute atomic E-state index is 12.2. The van der Waals surface area contributed by atoms with E-state index in [1.807, 2.05) is 0 Å². The van der Waals surface area contributed by atoms with E-state index in [9.17, 15) is 34.7 Å². The number of fused-ring (bicyclic) bond motifs is 2. The van der Waals surface area contributed by atoms with Gasteiger partial charge in [-0.25, -0.2) is 28.9 Å². The van der Waals surface area contributed by atoms with Crippen LogP contribution in [0.1, 0.15) is 50.5 Å². The summed E-state index contributed by atoms with van der Waals surface area (Å²) < 4.78 is 13.2. The summed E-state index contributed by atoms with van der Waals surface area (Å²) in [6, 6.07) is 42.1. The molecule has 0 bridgehead atoms. The third-order valence-corrected chi connectivity index (χ3v) is 13.4. The van der Waals surface area contributed by atoms with Crippen molar-refractivity contribution in [1.29, 1.82) is 10.5 Å². The molecule has 8 aromatic rings. The van der Waals surface area contributed by atoms with Crippen molar-refractivity contribution in [3.63, 3.8) is 0 Å². The molecule has 4 aromatic heterocycles. The van der Waals surface area contributed by atoms with E-state index in [0.717, 1.165) is 13.1 Å². The van der Waals surface area contributed by atoms with Crippen molar-refractivity contribution in [2.75, 3.05) is 41.4 Å². The van der Waals surface area contributed by atoms with Crippen LogP contribution in [0.25, 0.3) is 33.4 Å². The second kappa shape index (κ2) is 28.2. The van der Waals surface area contributed by atoms with Crippen molar-refractivity contribution in [2.24, 2.45) is 0 Å². The number of halogens is 3. The fraction of sp³-hybridized carbons (Fsp3) is 0.179. The molecule has 404 valence electrons. The first-order chi connectivity index (χ1) is 38.0. The van der Waals surface area contributed by atoms with E-state index in [1.54, 1.807) is 87.2 Å². The van der Waals surface area contributed by atoms with Gasteiger partial charge in [0.2, 0.25) is 11.2 Å². The quantitative estimate of drug-likeness (QED) is 0.0756. The number of nitrogens with zero attached hydrogens (tertiary/aromatic N) is 10. The first-order valence-electron chi connectivity index (χ1n) is 23.2. The van der Waals surface area contributed by atoms with Gasteiger partial charge in [-0.15, -0.1) is 6.42 Å². The zero-order chi connectivity index (χ0) is 57.3. The van der Waals surface area contributed by atoms with E-state index in [2.05, 4.69) is 127 Å². The Kier molecular flexibility index (Phi) is 21.5. The van der Waals surface area contributed by atoms with E-state index in [1.165, 1.54) is 44.0 Å². The largest absolute Gasteiger partial charge is 0.0622 e.